The van der Waals surface area contributed by atoms with Crippen LogP contribution < -0.4 is 5.69 Å². The minimum absolute atomic E-state index is 0.302. The Kier molecular flexibility index (Phi) is 3.23. The fourth-order valence-corrected chi connectivity index (χ4v) is 3.43. The van der Waals surface area contributed by atoms with Gasteiger partial charge in [-0.3, -0.25) is 4.57 Å². The number of hydrogen-bond donors (Lipinski definition) is 0. The lowest BCUT2D eigenvalue weighted by molar-refractivity contribution is 0.929. The van der Waals surface area contributed by atoms with Gasteiger partial charge in [0.15, 0.2) is 5.15 Å². The van der Waals surface area contributed by atoms with Crippen LogP contribution in [0.3, 0.4) is 0 Å². The monoisotopic (exact) mass is 325 g/mol. The van der Waals surface area contributed by atoms with Gasteiger partial charge >= 0.3 is 5.69 Å². The third-order valence-electron chi connectivity index (χ3n) is 4.42. The molecule has 4 nitrogen and oxygen atoms in total. The van der Waals surface area contributed by atoms with Crippen molar-refractivity contribution in [3.05, 3.63) is 62.9 Å². The highest BCUT2D eigenvalue weighted by atomic mass is 35.5. The molecule has 0 spiro atoms. The van der Waals surface area contributed by atoms with Gasteiger partial charge in [-0.1, -0.05) is 17.7 Å². The zero-order valence-electron chi connectivity index (χ0n) is 13.0. The van der Waals surface area contributed by atoms with E-state index in [-0.39, 0.29) is 5.69 Å². The minimum Gasteiger partial charge on any atom is -0.257 e. The molecule has 23 heavy (non-hydrogen) atoms. The molecule has 0 atom stereocenters. The first kappa shape index (κ1) is 14.4. The van der Waals surface area contributed by atoms with E-state index < -0.39 is 0 Å². The Bertz CT molecular complexity index is 989. The fraction of sp³-hybridized carbons (Fsp3) is 0.278. The third kappa shape index (κ3) is 2.34. The highest BCUT2D eigenvalue weighted by Gasteiger charge is 2.25. The maximum atomic E-state index is 12.6. The third-order valence-corrected chi connectivity index (χ3v) is 4.71. The van der Waals surface area contributed by atoms with Gasteiger partial charge in [0.1, 0.15) is 0 Å². The zero-order valence-corrected chi connectivity index (χ0v) is 13.8. The molecule has 1 aromatic carbocycles. The van der Waals surface area contributed by atoms with E-state index in [1.54, 1.807) is 22.9 Å². The largest absolute Gasteiger partial charge is 0.352 e. The first-order valence-electron chi connectivity index (χ1n) is 7.71. The van der Waals surface area contributed by atoms with E-state index in [4.69, 9.17) is 11.6 Å². The van der Waals surface area contributed by atoms with Crippen molar-refractivity contribution in [3.63, 3.8) is 0 Å². The quantitative estimate of drug-likeness (QED) is 0.671. The standard InChI is InChI=1S/C18H16ClN3O/c1-10-8-13(12-5-6-12)9-15-16(10)11(2)21-18(23)22(15)14-4-3-7-20-17(14)19/h3-4,7-9,12H,5-6H2,1-2H3. The summed E-state index contributed by atoms with van der Waals surface area (Å²) in [7, 11) is 0. The van der Waals surface area contributed by atoms with Crippen LogP contribution in [0.2, 0.25) is 5.15 Å². The molecule has 4 rings (SSSR count). The van der Waals surface area contributed by atoms with Crippen LogP contribution in [0.25, 0.3) is 16.6 Å². The summed E-state index contributed by atoms with van der Waals surface area (Å²) in [4.78, 5) is 20.9. The molecule has 1 aliphatic carbocycles. The highest BCUT2D eigenvalue weighted by Crippen LogP contribution is 2.42. The fourth-order valence-electron chi connectivity index (χ4n) is 3.22. The maximum Gasteiger partial charge on any atom is 0.352 e. The van der Waals surface area contributed by atoms with Gasteiger partial charge in [0.25, 0.3) is 0 Å². The number of aromatic nitrogens is 3. The Hall–Kier alpha value is -2.20. The average molecular weight is 326 g/mol. The van der Waals surface area contributed by atoms with Gasteiger partial charge in [-0.25, -0.2) is 9.78 Å². The Morgan fingerprint density at radius 3 is 2.74 bits per heavy atom. The van der Waals surface area contributed by atoms with Crippen molar-refractivity contribution in [3.8, 4) is 5.69 Å². The van der Waals surface area contributed by atoms with Crippen molar-refractivity contribution in [2.24, 2.45) is 0 Å². The number of nitrogens with zero attached hydrogens (tertiary/aromatic N) is 3. The van der Waals surface area contributed by atoms with Crippen LogP contribution in [-0.4, -0.2) is 14.5 Å². The normalized spacial score (nSPS) is 14.4. The maximum absolute atomic E-state index is 12.6. The van der Waals surface area contributed by atoms with Crippen molar-refractivity contribution in [2.45, 2.75) is 32.6 Å². The number of hydrogen-bond acceptors (Lipinski definition) is 3. The van der Waals surface area contributed by atoms with Gasteiger partial charge in [-0.15, -0.1) is 0 Å². The Labute approximate surface area is 138 Å². The van der Waals surface area contributed by atoms with Crippen LogP contribution in [0, 0.1) is 13.8 Å². The SMILES string of the molecule is Cc1cc(C2CC2)cc2c1c(C)nc(=O)n2-c1cccnc1Cl. The van der Waals surface area contributed by atoms with Crippen molar-refractivity contribution in [1.82, 2.24) is 14.5 Å². The van der Waals surface area contributed by atoms with Crippen LogP contribution in [0.5, 0.6) is 0 Å². The molecule has 0 unspecified atom stereocenters. The van der Waals surface area contributed by atoms with E-state index in [0.29, 0.717) is 16.8 Å². The molecular weight excluding hydrogens is 310 g/mol. The average Bonchev–Trinajstić information content (AvgIpc) is 3.33. The predicted molar refractivity (Wildman–Crippen MR) is 91.6 cm³/mol. The molecule has 0 saturated heterocycles. The Balaban J connectivity index is 2.14. The topological polar surface area (TPSA) is 47.8 Å². The number of halogens is 1. The second kappa shape index (κ2) is 5.17. The number of pyridine rings is 1. The summed E-state index contributed by atoms with van der Waals surface area (Å²) in [6, 6.07) is 7.90. The lowest BCUT2D eigenvalue weighted by Gasteiger charge is -2.15. The van der Waals surface area contributed by atoms with Gasteiger partial charge in [-0.2, -0.15) is 4.98 Å². The van der Waals surface area contributed by atoms with E-state index in [2.05, 4.69) is 29.0 Å². The first-order chi connectivity index (χ1) is 11.1. The van der Waals surface area contributed by atoms with Crippen LogP contribution >= 0.6 is 11.6 Å². The summed E-state index contributed by atoms with van der Waals surface area (Å²) < 4.78 is 1.58. The van der Waals surface area contributed by atoms with E-state index in [1.807, 2.05) is 6.92 Å². The van der Waals surface area contributed by atoms with Gasteiger partial charge in [0, 0.05) is 11.6 Å². The molecule has 0 amide bonds. The van der Waals surface area contributed by atoms with Crippen LogP contribution in [-0.2, 0) is 0 Å². The number of aryl methyl sites for hydroxylation is 2. The molecule has 3 aromatic rings. The van der Waals surface area contributed by atoms with Gasteiger partial charge in [-0.05, 0) is 61.9 Å². The molecule has 5 heteroatoms. The second-order valence-corrected chi connectivity index (χ2v) is 6.49. The molecular formula is C18H16ClN3O. The van der Waals surface area contributed by atoms with Crippen LogP contribution in [0.1, 0.15) is 35.6 Å². The molecule has 2 heterocycles. The Morgan fingerprint density at radius 1 is 1.26 bits per heavy atom. The highest BCUT2D eigenvalue weighted by molar-refractivity contribution is 6.31. The molecule has 1 saturated carbocycles. The van der Waals surface area contributed by atoms with Crippen molar-refractivity contribution < 1.29 is 0 Å². The number of rotatable bonds is 2. The van der Waals surface area contributed by atoms with Gasteiger partial charge in [0.05, 0.1) is 16.9 Å². The van der Waals surface area contributed by atoms with Gasteiger partial charge < -0.3 is 0 Å². The molecule has 0 aliphatic heterocycles. The van der Waals surface area contributed by atoms with Gasteiger partial charge in [0.2, 0.25) is 0 Å². The molecule has 0 radical (unpaired) electrons. The molecule has 2 aromatic heterocycles. The summed E-state index contributed by atoms with van der Waals surface area (Å²) >= 11 is 6.23. The number of fused-ring (bicyclic) bond motifs is 1. The summed E-state index contributed by atoms with van der Waals surface area (Å²) in [5.74, 6) is 0.611. The summed E-state index contributed by atoms with van der Waals surface area (Å²) in [6.07, 6.45) is 4.04. The van der Waals surface area contributed by atoms with Crippen molar-refractivity contribution in [1.29, 1.82) is 0 Å². The van der Waals surface area contributed by atoms with E-state index in [0.717, 1.165) is 22.2 Å². The van der Waals surface area contributed by atoms with Crippen LogP contribution in [0.4, 0.5) is 0 Å². The summed E-state index contributed by atoms with van der Waals surface area (Å²) in [5.41, 5.74) is 4.29. The molecule has 1 fully saturated rings. The first-order valence-corrected chi connectivity index (χ1v) is 8.09. The van der Waals surface area contributed by atoms with E-state index >= 15 is 0 Å². The smallest absolute Gasteiger partial charge is 0.257 e. The lowest BCUT2D eigenvalue weighted by atomic mass is 10.0. The van der Waals surface area contributed by atoms with E-state index in [1.165, 1.54) is 18.4 Å². The molecule has 0 N–H and O–H groups in total. The van der Waals surface area contributed by atoms with E-state index in [9.17, 15) is 4.79 Å². The number of benzene rings is 1. The molecule has 116 valence electrons. The predicted octanol–water partition coefficient (Wildman–Crippen LogP) is 3.93. The summed E-state index contributed by atoms with van der Waals surface area (Å²) in [5, 5.41) is 1.31. The second-order valence-electron chi connectivity index (χ2n) is 6.13. The van der Waals surface area contributed by atoms with Crippen molar-refractivity contribution >= 4 is 22.5 Å². The lowest BCUT2D eigenvalue weighted by Crippen LogP contribution is -2.23. The molecule has 0 bridgehead atoms. The van der Waals surface area contributed by atoms with Crippen LogP contribution in [0.15, 0.2) is 35.3 Å². The minimum atomic E-state index is -0.322. The van der Waals surface area contributed by atoms with Crippen molar-refractivity contribution in [2.75, 3.05) is 0 Å². The molecule has 1 aliphatic rings. The Morgan fingerprint density at radius 2 is 2.04 bits per heavy atom. The summed E-state index contributed by atoms with van der Waals surface area (Å²) in [6.45, 7) is 3.95. The zero-order chi connectivity index (χ0) is 16.1.